The van der Waals surface area contributed by atoms with Gasteiger partial charge in [0.05, 0.1) is 20.8 Å². The highest BCUT2D eigenvalue weighted by Gasteiger charge is 2.29. The van der Waals surface area contributed by atoms with Crippen LogP contribution < -0.4 is 9.47 Å². The Bertz CT molecular complexity index is 420. The second-order valence-electron chi connectivity index (χ2n) is 4.79. The molecule has 4 heteroatoms. The monoisotopic (exact) mass is 251 g/mol. The molecular weight excluding hydrogens is 230 g/mol. The lowest BCUT2D eigenvalue weighted by atomic mass is 9.77. The first kappa shape index (κ1) is 13.2. The van der Waals surface area contributed by atoms with Gasteiger partial charge in [-0.05, 0) is 36.7 Å². The molecule has 0 bridgehead atoms. The molecule has 1 aliphatic rings. The third-order valence-corrected chi connectivity index (χ3v) is 3.57. The number of benzene rings is 1. The van der Waals surface area contributed by atoms with Gasteiger partial charge in [0.1, 0.15) is 0 Å². The van der Waals surface area contributed by atoms with E-state index in [1.807, 2.05) is 7.05 Å². The summed E-state index contributed by atoms with van der Waals surface area (Å²) in [5, 5.41) is 8.91. The molecule has 1 aromatic rings. The molecule has 0 aliphatic heterocycles. The van der Waals surface area contributed by atoms with E-state index in [-0.39, 0.29) is 6.61 Å². The van der Waals surface area contributed by atoms with Crippen LogP contribution in [0.1, 0.15) is 17.0 Å². The summed E-state index contributed by atoms with van der Waals surface area (Å²) in [6, 6.07) is 4.14. The van der Waals surface area contributed by atoms with Crippen LogP contribution in [0.25, 0.3) is 0 Å². The van der Waals surface area contributed by atoms with E-state index < -0.39 is 0 Å². The SMILES string of the molecule is COc1cc2c(cc1OC)[C@H](CN(C)CCO)C2. The van der Waals surface area contributed by atoms with E-state index in [0.29, 0.717) is 5.92 Å². The summed E-state index contributed by atoms with van der Waals surface area (Å²) in [6.07, 6.45) is 1.07. The average Bonchev–Trinajstić information content (AvgIpc) is 2.35. The van der Waals surface area contributed by atoms with E-state index in [1.165, 1.54) is 11.1 Å². The maximum atomic E-state index is 8.91. The first-order valence-electron chi connectivity index (χ1n) is 6.23. The summed E-state index contributed by atoms with van der Waals surface area (Å²) in [4.78, 5) is 2.16. The van der Waals surface area contributed by atoms with Crippen LogP contribution in [0, 0.1) is 0 Å². The van der Waals surface area contributed by atoms with Crippen molar-refractivity contribution in [1.29, 1.82) is 0 Å². The fourth-order valence-electron chi connectivity index (χ4n) is 2.54. The Labute approximate surface area is 108 Å². The fraction of sp³-hybridized carbons (Fsp3) is 0.571. The molecule has 0 fully saturated rings. The summed E-state index contributed by atoms with van der Waals surface area (Å²) in [6.45, 7) is 1.91. The standard InChI is InChI=1S/C14H21NO3/c1-15(4-5-16)9-11-6-10-7-13(17-2)14(18-3)8-12(10)11/h7-8,11,16H,4-6,9H2,1-3H3/t11-/m0/s1. The van der Waals surface area contributed by atoms with E-state index in [9.17, 15) is 0 Å². The van der Waals surface area contributed by atoms with Crippen molar-refractivity contribution in [1.82, 2.24) is 4.90 Å². The summed E-state index contributed by atoms with van der Waals surface area (Å²) >= 11 is 0. The number of nitrogens with zero attached hydrogens (tertiary/aromatic N) is 1. The molecule has 0 saturated heterocycles. The summed E-state index contributed by atoms with van der Waals surface area (Å²) in [5.41, 5.74) is 2.69. The maximum Gasteiger partial charge on any atom is 0.161 e. The summed E-state index contributed by atoms with van der Waals surface area (Å²) < 4.78 is 10.6. The number of hydrogen-bond donors (Lipinski definition) is 1. The molecule has 0 heterocycles. The molecule has 1 aromatic carbocycles. The van der Waals surface area contributed by atoms with Crippen molar-refractivity contribution in [3.05, 3.63) is 23.3 Å². The number of methoxy groups -OCH3 is 2. The van der Waals surface area contributed by atoms with Gasteiger partial charge in [0.25, 0.3) is 0 Å². The van der Waals surface area contributed by atoms with E-state index >= 15 is 0 Å². The lowest BCUT2D eigenvalue weighted by Gasteiger charge is -2.34. The van der Waals surface area contributed by atoms with Crippen molar-refractivity contribution in [3.63, 3.8) is 0 Å². The van der Waals surface area contributed by atoms with Crippen LogP contribution >= 0.6 is 0 Å². The van der Waals surface area contributed by atoms with Gasteiger partial charge in [-0.15, -0.1) is 0 Å². The van der Waals surface area contributed by atoms with Crippen LogP contribution in [0.15, 0.2) is 12.1 Å². The summed E-state index contributed by atoms with van der Waals surface area (Å²) in [5.74, 6) is 2.14. The van der Waals surface area contributed by atoms with E-state index in [2.05, 4.69) is 17.0 Å². The van der Waals surface area contributed by atoms with Gasteiger partial charge in [-0.1, -0.05) is 0 Å². The van der Waals surface area contributed by atoms with Gasteiger partial charge in [0, 0.05) is 19.0 Å². The van der Waals surface area contributed by atoms with Gasteiger partial charge in [-0.3, -0.25) is 0 Å². The minimum atomic E-state index is 0.210. The largest absolute Gasteiger partial charge is 0.493 e. The first-order chi connectivity index (χ1) is 8.69. The minimum Gasteiger partial charge on any atom is -0.493 e. The van der Waals surface area contributed by atoms with Gasteiger partial charge in [-0.25, -0.2) is 0 Å². The number of hydrogen-bond acceptors (Lipinski definition) is 4. The molecule has 100 valence electrons. The zero-order chi connectivity index (χ0) is 13.1. The highest BCUT2D eigenvalue weighted by molar-refractivity contribution is 5.53. The van der Waals surface area contributed by atoms with Crippen LogP contribution in [-0.4, -0.2) is 51.0 Å². The Balaban J connectivity index is 2.10. The Morgan fingerprint density at radius 2 is 1.94 bits per heavy atom. The Hall–Kier alpha value is -1.26. The second-order valence-corrected chi connectivity index (χ2v) is 4.79. The van der Waals surface area contributed by atoms with Crippen LogP contribution in [0.4, 0.5) is 0 Å². The van der Waals surface area contributed by atoms with Crippen molar-refractivity contribution in [2.75, 3.05) is 41.0 Å². The molecule has 0 aromatic heterocycles. The Morgan fingerprint density at radius 1 is 1.28 bits per heavy atom. The molecule has 0 radical (unpaired) electrons. The predicted octanol–water partition coefficient (Wildman–Crippen LogP) is 1.27. The fourth-order valence-corrected chi connectivity index (χ4v) is 2.54. The average molecular weight is 251 g/mol. The molecule has 1 N–H and O–H groups in total. The van der Waals surface area contributed by atoms with Crippen molar-refractivity contribution in [3.8, 4) is 11.5 Å². The molecule has 0 spiro atoms. The third kappa shape index (κ3) is 2.44. The topological polar surface area (TPSA) is 41.9 Å². The predicted molar refractivity (Wildman–Crippen MR) is 70.6 cm³/mol. The Kier molecular flexibility index (Phi) is 4.09. The van der Waals surface area contributed by atoms with E-state index in [4.69, 9.17) is 14.6 Å². The van der Waals surface area contributed by atoms with Gasteiger partial charge >= 0.3 is 0 Å². The molecule has 0 saturated carbocycles. The highest BCUT2D eigenvalue weighted by atomic mass is 16.5. The lowest BCUT2D eigenvalue weighted by molar-refractivity contribution is 0.210. The molecule has 4 nitrogen and oxygen atoms in total. The van der Waals surface area contributed by atoms with E-state index in [1.54, 1.807) is 14.2 Å². The molecule has 2 rings (SSSR count). The van der Waals surface area contributed by atoms with Crippen LogP contribution in [0.2, 0.25) is 0 Å². The van der Waals surface area contributed by atoms with Crippen LogP contribution in [0.5, 0.6) is 11.5 Å². The van der Waals surface area contributed by atoms with Gasteiger partial charge in [-0.2, -0.15) is 0 Å². The van der Waals surface area contributed by atoms with Gasteiger partial charge < -0.3 is 19.5 Å². The van der Waals surface area contributed by atoms with Crippen molar-refractivity contribution >= 4 is 0 Å². The quantitative estimate of drug-likeness (QED) is 0.826. The highest BCUT2D eigenvalue weighted by Crippen LogP contribution is 2.42. The van der Waals surface area contributed by atoms with Crippen molar-refractivity contribution in [2.24, 2.45) is 0 Å². The first-order valence-corrected chi connectivity index (χ1v) is 6.23. The van der Waals surface area contributed by atoms with Crippen molar-refractivity contribution < 1.29 is 14.6 Å². The number of aliphatic hydroxyl groups is 1. The lowest BCUT2D eigenvalue weighted by Crippen LogP contribution is -2.32. The molecular formula is C14H21NO3. The minimum absolute atomic E-state index is 0.210. The summed E-state index contributed by atoms with van der Waals surface area (Å²) in [7, 11) is 5.36. The number of likely N-dealkylation sites (N-methyl/N-ethyl adjacent to an activating group) is 1. The molecule has 18 heavy (non-hydrogen) atoms. The molecule has 1 aliphatic carbocycles. The number of rotatable bonds is 6. The molecule has 0 amide bonds. The molecule has 0 unspecified atom stereocenters. The zero-order valence-electron chi connectivity index (χ0n) is 11.3. The zero-order valence-corrected chi connectivity index (χ0v) is 11.3. The van der Waals surface area contributed by atoms with Crippen LogP contribution in [0.3, 0.4) is 0 Å². The maximum absolute atomic E-state index is 8.91. The Morgan fingerprint density at radius 3 is 2.56 bits per heavy atom. The number of aliphatic hydroxyl groups excluding tert-OH is 1. The van der Waals surface area contributed by atoms with Crippen LogP contribution in [-0.2, 0) is 6.42 Å². The smallest absolute Gasteiger partial charge is 0.161 e. The third-order valence-electron chi connectivity index (χ3n) is 3.57. The van der Waals surface area contributed by atoms with Crippen molar-refractivity contribution in [2.45, 2.75) is 12.3 Å². The van der Waals surface area contributed by atoms with Gasteiger partial charge in [0.15, 0.2) is 11.5 Å². The second kappa shape index (κ2) is 5.59. The normalized spacial score (nSPS) is 17.3. The van der Waals surface area contributed by atoms with Gasteiger partial charge in [0.2, 0.25) is 0 Å². The number of ether oxygens (including phenoxy) is 2. The molecule has 1 atom stereocenters. The number of fused-ring (bicyclic) bond motifs is 1. The van der Waals surface area contributed by atoms with E-state index in [0.717, 1.165) is 31.0 Å².